The average molecular weight is 468 g/mol. The lowest BCUT2D eigenvalue weighted by Crippen LogP contribution is -2.40. The van der Waals surface area contributed by atoms with E-state index in [2.05, 4.69) is 44.8 Å². The normalized spacial score (nSPS) is 23.5. The van der Waals surface area contributed by atoms with Gasteiger partial charge in [-0.25, -0.2) is 14.3 Å². The van der Waals surface area contributed by atoms with E-state index in [9.17, 15) is 4.21 Å². The van der Waals surface area contributed by atoms with Crippen LogP contribution in [-0.2, 0) is 22.5 Å². The fraction of sp³-hybridized carbons (Fsp3) is 0.520. The quantitative estimate of drug-likeness (QED) is 0.630. The van der Waals surface area contributed by atoms with E-state index >= 15 is 0 Å². The first-order valence-corrected chi connectivity index (χ1v) is 14.0. The third-order valence-electron chi connectivity index (χ3n) is 7.14. The van der Waals surface area contributed by atoms with Crippen LogP contribution in [0.3, 0.4) is 0 Å². The Balaban J connectivity index is 1.19. The van der Waals surface area contributed by atoms with Gasteiger partial charge in [0.2, 0.25) is 5.95 Å². The molecule has 2 aromatic heterocycles. The Bertz CT molecular complexity index is 1140. The topological polar surface area (TPSA) is 71.5 Å². The highest BCUT2D eigenvalue weighted by molar-refractivity contribution is 7.97. The number of piperidine rings is 1. The summed E-state index contributed by atoms with van der Waals surface area (Å²) in [5.41, 5.74) is 4.67. The van der Waals surface area contributed by atoms with Gasteiger partial charge >= 0.3 is 0 Å². The second-order valence-corrected chi connectivity index (χ2v) is 11.9. The van der Waals surface area contributed by atoms with Crippen molar-refractivity contribution in [2.24, 2.45) is 5.92 Å². The molecule has 0 aliphatic carbocycles. The Morgan fingerprint density at radius 3 is 2.55 bits per heavy atom. The number of anilines is 1. The number of pyridine rings is 1. The van der Waals surface area contributed by atoms with Crippen LogP contribution in [0.1, 0.15) is 43.0 Å². The van der Waals surface area contributed by atoms with Gasteiger partial charge in [-0.05, 0) is 54.7 Å². The maximum Gasteiger partial charge on any atom is 0.225 e. The zero-order valence-electron chi connectivity index (χ0n) is 19.6. The summed E-state index contributed by atoms with van der Waals surface area (Å²) in [6, 6.07) is 2.20. The molecule has 5 rings (SSSR count). The summed E-state index contributed by atoms with van der Waals surface area (Å²) in [4.78, 5) is 16.1. The third-order valence-corrected chi connectivity index (χ3v) is 8.57. The SMILES string of the molecule is C=S(C)(=O)N1CC=C(c2cc3c(cn2)OC(C2CCN(c4ncc(CC)cn4)CC2)C3)CC1. The van der Waals surface area contributed by atoms with Crippen molar-refractivity contribution >= 4 is 27.1 Å². The molecule has 0 aromatic carbocycles. The van der Waals surface area contributed by atoms with E-state index in [4.69, 9.17) is 4.74 Å². The van der Waals surface area contributed by atoms with Crippen molar-refractivity contribution in [3.05, 3.63) is 47.6 Å². The highest BCUT2D eigenvalue weighted by Gasteiger charge is 2.34. The van der Waals surface area contributed by atoms with E-state index in [0.29, 0.717) is 12.5 Å². The Morgan fingerprint density at radius 2 is 1.91 bits per heavy atom. The second-order valence-electron chi connectivity index (χ2n) is 9.43. The molecule has 33 heavy (non-hydrogen) atoms. The van der Waals surface area contributed by atoms with Gasteiger partial charge in [0.25, 0.3) is 0 Å². The molecule has 3 aliphatic rings. The molecule has 176 valence electrons. The van der Waals surface area contributed by atoms with E-state index in [0.717, 1.165) is 69.1 Å². The van der Waals surface area contributed by atoms with Crippen LogP contribution in [0.4, 0.5) is 5.95 Å². The molecule has 0 bridgehead atoms. The van der Waals surface area contributed by atoms with Crippen LogP contribution in [0.2, 0.25) is 0 Å². The zero-order chi connectivity index (χ0) is 23.0. The zero-order valence-corrected chi connectivity index (χ0v) is 20.4. The standard InChI is InChI=1S/C25H33N5O2S/c1-4-18-15-27-25(28-16-18)29-9-5-20(6-10-29)23-14-21-13-22(26-17-24(21)32-23)19-7-11-30(12-8-19)33(2,3)31/h7,13,15-17,20,23H,2,4-6,8-12,14H2,1,3H3. The fourth-order valence-electron chi connectivity index (χ4n) is 5.01. The lowest BCUT2D eigenvalue weighted by Gasteiger charge is -2.34. The summed E-state index contributed by atoms with van der Waals surface area (Å²) >= 11 is 0. The van der Waals surface area contributed by atoms with Gasteiger partial charge in [-0.3, -0.25) is 9.19 Å². The first kappa shape index (κ1) is 22.3. The molecule has 7 nitrogen and oxygen atoms in total. The van der Waals surface area contributed by atoms with Crippen LogP contribution in [0.15, 0.2) is 30.7 Å². The minimum atomic E-state index is -2.15. The minimum absolute atomic E-state index is 0.217. The molecule has 0 radical (unpaired) electrons. The lowest BCUT2D eigenvalue weighted by molar-refractivity contribution is 0.138. The number of ether oxygens (including phenoxy) is 1. The highest BCUT2D eigenvalue weighted by atomic mass is 32.2. The summed E-state index contributed by atoms with van der Waals surface area (Å²) in [6.45, 7) is 5.47. The number of nitrogens with zero attached hydrogens (tertiary/aromatic N) is 5. The first-order valence-electron chi connectivity index (χ1n) is 11.9. The molecule has 2 atom stereocenters. The number of hydrogen-bond donors (Lipinski definition) is 0. The molecule has 2 unspecified atom stereocenters. The fourth-order valence-corrected chi connectivity index (χ4v) is 5.88. The molecule has 0 spiro atoms. The molecular weight excluding hydrogens is 434 g/mol. The van der Waals surface area contributed by atoms with E-state index in [1.54, 1.807) is 6.26 Å². The lowest BCUT2D eigenvalue weighted by atomic mass is 9.89. The Labute approximate surface area is 197 Å². The Morgan fingerprint density at radius 1 is 1.15 bits per heavy atom. The van der Waals surface area contributed by atoms with Crippen LogP contribution in [0, 0.1) is 5.92 Å². The Hall–Kier alpha value is -2.45. The number of rotatable bonds is 5. The number of aromatic nitrogens is 3. The molecule has 1 fully saturated rings. The van der Waals surface area contributed by atoms with E-state index in [1.807, 2.05) is 22.9 Å². The summed E-state index contributed by atoms with van der Waals surface area (Å²) in [6.07, 6.45) is 14.7. The maximum atomic E-state index is 12.2. The van der Waals surface area contributed by atoms with Gasteiger partial charge in [0.05, 0.1) is 11.9 Å². The van der Waals surface area contributed by atoms with E-state index in [-0.39, 0.29) is 6.10 Å². The number of fused-ring (bicyclic) bond motifs is 1. The van der Waals surface area contributed by atoms with Gasteiger partial charge in [-0.15, -0.1) is 0 Å². The van der Waals surface area contributed by atoms with Crippen molar-refractivity contribution in [3.63, 3.8) is 0 Å². The first-order chi connectivity index (χ1) is 15.9. The van der Waals surface area contributed by atoms with Gasteiger partial charge in [0.15, 0.2) is 0 Å². The van der Waals surface area contributed by atoms with Crippen molar-refractivity contribution < 1.29 is 8.95 Å². The smallest absolute Gasteiger partial charge is 0.225 e. The summed E-state index contributed by atoms with van der Waals surface area (Å²) in [7, 11) is -2.15. The van der Waals surface area contributed by atoms with Crippen LogP contribution < -0.4 is 9.64 Å². The molecule has 0 saturated carbocycles. The molecule has 8 heteroatoms. The van der Waals surface area contributed by atoms with Gasteiger partial charge in [0, 0.05) is 66.5 Å². The molecular formula is C25H33N5O2S. The summed E-state index contributed by atoms with van der Waals surface area (Å²) in [5.74, 6) is 6.10. The average Bonchev–Trinajstić information content (AvgIpc) is 3.27. The minimum Gasteiger partial charge on any atom is -0.488 e. The summed E-state index contributed by atoms with van der Waals surface area (Å²) < 4.78 is 20.5. The second kappa shape index (κ2) is 9.06. The van der Waals surface area contributed by atoms with E-state index in [1.165, 1.54) is 16.7 Å². The van der Waals surface area contributed by atoms with Crippen molar-refractivity contribution in [3.8, 4) is 5.75 Å². The van der Waals surface area contributed by atoms with Gasteiger partial charge in [-0.2, -0.15) is 0 Å². The number of aryl methyl sites for hydroxylation is 1. The van der Waals surface area contributed by atoms with Crippen LogP contribution in [0.25, 0.3) is 5.57 Å². The van der Waals surface area contributed by atoms with Gasteiger partial charge in [0.1, 0.15) is 11.9 Å². The van der Waals surface area contributed by atoms with Crippen LogP contribution in [-0.4, -0.2) is 67.9 Å². The van der Waals surface area contributed by atoms with Crippen LogP contribution >= 0.6 is 0 Å². The molecule has 5 heterocycles. The van der Waals surface area contributed by atoms with Gasteiger partial charge in [-0.1, -0.05) is 13.0 Å². The molecule has 3 aliphatic heterocycles. The van der Waals surface area contributed by atoms with Gasteiger partial charge < -0.3 is 9.64 Å². The number of hydrogen-bond acceptors (Lipinski definition) is 6. The predicted molar refractivity (Wildman–Crippen MR) is 134 cm³/mol. The maximum absolute atomic E-state index is 12.2. The van der Waals surface area contributed by atoms with Crippen molar-refractivity contribution in [2.45, 2.75) is 45.1 Å². The van der Waals surface area contributed by atoms with Crippen molar-refractivity contribution in [2.75, 3.05) is 37.3 Å². The largest absolute Gasteiger partial charge is 0.488 e. The summed E-state index contributed by atoms with van der Waals surface area (Å²) in [5, 5.41) is 0. The molecule has 2 aromatic rings. The van der Waals surface area contributed by atoms with Crippen LogP contribution in [0.5, 0.6) is 5.75 Å². The highest BCUT2D eigenvalue weighted by Crippen LogP contribution is 2.37. The van der Waals surface area contributed by atoms with Crippen molar-refractivity contribution in [1.82, 2.24) is 19.3 Å². The Kier molecular flexibility index (Phi) is 6.14. The molecule has 0 amide bonds. The molecule has 1 saturated heterocycles. The molecule has 0 N–H and O–H groups in total. The van der Waals surface area contributed by atoms with Crippen molar-refractivity contribution in [1.29, 1.82) is 0 Å². The third kappa shape index (κ3) is 4.77. The van der Waals surface area contributed by atoms with E-state index < -0.39 is 9.71 Å². The predicted octanol–water partition coefficient (Wildman–Crippen LogP) is 3.00. The monoisotopic (exact) mass is 467 g/mol.